The summed E-state index contributed by atoms with van der Waals surface area (Å²) in [5.74, 6) is -2.18. The first-order valence-electron chi connectivity index (χ1n) is 11.9. The van der Waals surface area contributed by atoms with Crippen molar-refractivity contribution in [3.8, 4) is 0 Å². The Hall–Kier alpha value is -3.08. The van der Waals surface area contributed by atoms with E-state index >= 15 is 0 Å². The van der Waals surface area contributed by atoms with Crippen molar-refractivity contribution in [3.63, 3.8) is 0 Å². The van der Waals surface area contributed by atoms with Gasteiger partial charge in [0.15, 0.2) is 18.3 Å². The number of phosphoric ester groups is 1. The molecule has 1 aliphatic heterocycles. The summed E-state index contributed by atoms with van der Waals surface area (Å²) in [5, 5.41) is 0. The maximum absolute atomic E-state index is 13.9. The topological polar surface area (TPSA) is 133 Å². The van der Waals surface area contributed by atoms with Crippen LogP contribution in [-0.2, 0) is 64.7 Å². The van der Waals surface area contributed by atoms with Gasteiger partial charge in [0.2, 0.25) is 6.29 Å². The van der Waals surface area contributed by atoms with Crippen molar-refractivity contribution < 1.29 is 51.5 Å². The van der Waals surface area contributed by atoms with Crippen LogP contribution in [0.2, 0.25) is 0 Å². The first-order valence-corrected chi connectivity index (χ1v) is 13.3. The van der Waals surface area contributed by atoms with Crippen molar-refractivity contribution in [2.45, 2.75) is 71.6 Å². The largest absolute Gasteiger partial charge is 0.477 e. The summed E-state index contributed by atoms with van der Waals surface area (Å²) in [5.41, 5.74) is 1.39. The summed E-state index contributed by atoms with van der Waals surface area (Å²) in [6.07, 6.45) is -6.42. The Kier molecular flexibility index (Phi) is 10.6. The second kappa shape index (κ2) is 13.6. The molecule has 11 nitrogen and oxygen atoms in total. The predicted molar refractivity (Wildman–Crippen MR) is 132 cm³/mol. The quantitative estimate of drug-likeness (QED) is 0.228. The number of carbonyl (C=O) groups excluding carboxylic acids is 3. The van der Waals surface area contributed by atoms with Crippen LogP contribution >= 0.6 is 7.82 Å². The average molecular weight is 550 g/mol. The van der Waals surface area contributed by atoms with Gasteiger partial charge >= 0.3 is 25.7 Å². The molecule has 0 unspecified atom stereocenters. The number of rotatable bonds is 11. The molecule has 2 aromatic carbocycles. The molecule has 0 spiro atoms. The third kappa shape index (κ3) is 8.75. The van der Waals surface area contributed by atoms with E-state index in [9.17, 15) is 18.9 Å². The summed E-state index contributed by atoms with van der Waals surface area (Å²) in [6, 6.07) is 17.9. The zero-order valence-corrected chi connectivity index (χ0v) is 22.4. The van der Waals surface area contributed by atoms with Crippen LogP contribution in [0.1, 0.15) is 38.8 Å². The Labute approximate surface area is 220 Å². The van der Waals surface area contributed by atoms with Gasteiger partial charge < -0.3 is 18.9 Å². The fraction of sp³-hybridized carbons (Fsp3) is 0.423. The lowest BCUT2D eigenvalue weighted by Crippen LogP contribution is -2.61. The molecule has 206 valence electrons. The van der Waals surface area contributed by atoms with E-state index in [0.717, 1.165) is 13.8 Å². The lowest BCUT2D eigenvalue weighted by Gasteiger charge is -2.43. The average Bonchev–Trinajstić information content (AvgIpc) is 2.87. The lowest BCUT2D eigenvalue weighted by atomic mass is 9.99. The van der Waals surface area contributed by atoms with Crippen molar-refractivity contribution in [1.29, 1.82) is 0 Å². The highest BCUT2D eigenvalue weighted by Gasteiger charge is 2.53. The van der Waals surface area contributed by atoms with Crippen LogP contribution in [-0.4, -0.2) is 48.6 Å². The fourth-order valence-corrected chi connectivity index (χ4v) is 4.97. The van der Waals surface area contributed by atoms with E-state index in [0.29, 0.717) is 11.1 Å². The zero-order valence-electron chi connectivity index (χ0n) is 21.5. The molecular weight excluding hydrogens is 519 g/mol. The highest BCUT2D eigenvalue weighted by molar-refractivity contribution is 7.48. The molecule has 0 saturated carbocycles. The molecule has 0 aromatic heterocycles. The second-order valence-electron chi connectivity index (χ2n) is 8.50. The molecule has 1 aliphatic rings. The molecule has 1 heterocycles. The number of hydrogen-bond acceptors (Lipinski definition) is 11. The first-order chi connectivity index (χ1) is 18.1. The maximum atomic E-state index is 13.9. The normalized spacial score (nSPS) is 23.3. The molecule has 0 bridgehead atoms. The summed E-state index contributed by atoms with van der Waals surface area (Å²) < 4.78 is 52.7. The van der Waals surface area contributed by atoms with Gasteiger partial charge in [0.1, 0.15) is 0 Å². The number of carbonyl (C=O) groups is 3. The Bertz CT molecular complexity index is 1080. The number of benzene rings is 2. The zero-order chi connectivity index (χ0) is 27.7. The molecule has 3 rings (SSSR count). The smallest absolute Gasteiger partial charge is 0.456 e. The van der Waals surface area contributed by atoms with E-state index in [2.05, 4.69) is 0 Å². The van der Waals surface area contributed by atoms with Crippen LogP contribution in [0.5, 0.6) is 0 Å². The van der Waals surface area contributed by atoms with Crippen molar-refractivity contribution in [1.82, 2.24) is 0 Å². The van der Waals surface area contributed by atoms with Crippen LogP contribution in [0.3, 0.4) is 0 Å². The number of hydrogen-bond donors (Lipinski definition) is 0. The van der Waals surface area contributed by atoms with Gasteiger partial charge in [-0.25, -0.2) is 4.57 Å². The highest BCUT2D eigenvalue weighted by atomic mass is 31.2. The first kappa shape index (κ1) is 29.5. The van der Waals surface area contributed by atoms with Crippen molar-refractivity contribution >= 4 is 25.7 Å². The Morgan fingerprint density at radius 2 is 1.13 bits per heavy atom. The van der Waals surface area contributed by atoms with E-state index in [1.54, 1.807) is 48.5 Å². The van der Waals surface area contributed by atoms with Gasteiger partial charge in [0, 0.05) is 20.8 Å². The second-order valence-corrected chi connectivity index (χ2v) is 10.1. The summed E-state index contributed by atoms with van der Waals surface area (Å²) in [4.78, 5) is 35.6. The SMILES string of the molecule is CC(=O)O[C@@H]1[C@@H](OC(C)=O)[C@H](C)O[C@H](OP(=O)(OCc2ccccc2)OCc2ccccc2)[C@@H]1OC(C)=O. The lowest BCUT2D eigenvalue weighted by molar-refractivity contribution is -0.284. The molecule has 0 aliphatic carbocycles. The molecule has 12 heteroatoms. The van der Waals surface area contributed by atoms with Gasteiger partial charge in [-0.1, -0.05) is 60.7 Å². The molecular formula is C26H31O11P. The van der Waals surface area contributed by atoms with Crippen molar-refractivity contribution in [3.05, 3.63) is 71.8 Å². The van der Waals surface area contributed by atoms with Crippen molar-refractivity contribution in [2.24, 2.45) is 0 Å². The van der Waals surface area contributed by atoms with Gasteiger partial charge in [0.25, 0.3) is 0 Å². The van der Waals surface area contributed by atoms with Crippen LogP contribution in [0, 0.1) is 0 Å². The summed E-state index contributed by atoms with van der Waals surface area (Å²) in [6.45, 7) is 4.71. The molecule has 0 radical (unpaired) electrons. The van der Waals surface area contributed by atoms with Crippen LogP contribution < -0.4 is 0 Å². The molecule has 0 amide bonds. The van der Waals surface area contributed by atoms with Crippen LogP contribution in [0.4, 0.5) is 0 Å². The summed E-state index contributed by atoms with van der Waals surface area (Å²) in [7, 11) is -4.40. The monoisotopic (exact) mass is 550 g/mol. The molecule has 1 fully saturated rings. The maximum Gasteiger partial charge on any atom is 0.477 e. The minimum absolute atomic E-state index is 0.128. The van der Waals surface area contributed by atoms with E-state index < -0.39 is 56.4 Å². The van der Waals surface area contributed by atoms with E-state index in [4.69, 9.17) is 32.5 Å². The third-order valence-corrected chi connectivity index (χ3v) is 6.69. The predicted octanol–water partition coefficient (Wildman–Crippen LogP) is 4.08. The molecule has 38 heavy (non-hydrogen) atoms. The minimum atomic E-state index is -4.40. The molecule has 0 N–H and O–H groups in total. The van der Waals surface area contributed by atoms with Gasteiger partial charge in [-0.3, -0.25) is 28.0 Å². The minimum Gasteiger partial charge on any atom is -0.456 e. The number of esters is 3. The third-order valence-electron chi connectivity index (χ3n) is 5.33. The Morgan fingerprint density at radius 3 is 1.58 bits per heavy atom. The Morgan fingerprint density at radius 1 is 0.711 bits per heavy atom. The van der Waals surface area contributed by atoms with Gasteiger partial charge in [-0.05, 0) is 18.1 Å². The number of phosphoric acid groups is 1. The van der Waals surface area contributed by atoms with Crippen LogP contribution in [0.25, 0.3) is 0 Å². The molecule has 2 aromatic rings. The van der Waals surface area contributed by atoms with Gasteiger partial charge in [0.05, 0.1) is 19.3 Å². The standard InChI is InChI=1S/C26H31O11P/c1-17-23(34-18(2)27)24(35-19(3)28)25(36-20(4)29)26(33-17)37-38(30,31-15-21-11-7-5-8-12-21)32-16-22-13-9-6-10-14-22/h5-14,17,23-26H,15-16H2,1-4H3/t17-,23-,24+,25+,26+/m0/s1. The van der Waals surface area contributed by atoms with Crippen LogP contribution in [0.15, 0.2) is 60.7 Å². The molecule has 1 saturated heterocycles. The van der Waals surface area contributed by atoms with E-state index in [1.807, 2.05) is 12.1 Å². The number of ether oxygens (including phenoxy) is 4. The van der Waals surface area contributed by atoms with Gasteiger partial charge in [-0.15, -0.1) is 0 Å². The van der Waals surface area contributed by atoms with E-state index in [1.165, 1.54) is 13.8 Å². The van der Waals surface area contributed by atoms with E-state index in [-0.39, 0.29) is 13.2 Å². The summed E-state index contributed by atoms with van der Waals surface area (Å²) >= 11 is 0. The highest BCUT2D eigenvalue weighted by Crippen LogP contribution is 2.53. The fourth-order valence-electron chi connectivity index (χ4n) is 3.74. The Balaban J connectivity index is 1.90. The van der Waals surface area contributed by atoms with Gasteiger partial charge in [-0.2, -0.15) is 0 Å². The molecule has 5 atom stereocenters. The van der Waals surface area contributed by atoms with Crippen molar-refractivity contribution in [2.75, 3.05) is 0 Å².